The van der Waals surface area contributed by atoms with Crippen molar-refractivity contribution in [1.82, 2.24) is 9.78 Å². The summed E-state index contributed by atoms with van der Waals surface area (Å²) in [5, 5.41) is 6.36. The molecule has 0 aliphatic carbocycles. The Bertz CT molecular complexity index is 1000. The number of halogens is 6. The molecule has 1 N–H and O–H groups in total. The standard InChI is InChI=1S/C17H9BrClF4N3O/c18-13-7-10(20)3-6-14(13)25-16(27)12-8-24-26(15(12)17(21,22)23)11-4-1-9(19)2-5-11/h1-8H,(H,25,27). The highest BCUT2D eigenvalue weighted by Gasteiger charge is 2.40. The van der Waals surface area contributed by atoms with Crippen LogP contribution in [0.25, 0.3) is 5.69 Å². The predicted molar refractivity (Wildman–Crippen MR) is 95.6 cm³/mol. The molecule has 0 bridgehead atoms. The average molecular weight is 463 g/mol. The Labute approximate surface area is 163 Å². The maximum atomic E-state index is 13.6. The number of nitrogens with zero attached hydrogens (tertiary/aromatic N) is 2. The van der Waals surface area contributed by atoms with E-state index >= 15 is 0 Å². The van der Waals surface area contributed by atoms with Gasteiger partial charge in [-0.1, -0.05) is 11.6 Å². The molecule has 0 aliphatic heterocycles. The van der Waals surface area contributed by atoms with E-state index in [-0.39, 0.29) is 15.8 Å². The molecule has 1 aromatic heterocycles. The van der Waals surface area contributed by atoms with Crippen LogP contribution in [-0.4, -0.2) is 15.7 Å². The minimum atomic E-state index is -4.84. The molecular formula is C17H9BrClF4N3O. The molecule has 0 spiro atoms. The van der Waals surface area contributed by atoms with Crippen LogP contribution in [0.4, 0.5) is 23.2 Å². The van der Waals surface area contributed by atoms with Crippen LogP contribution in [0.3, 0.4) is 0 Å². The fourth-order valence-corrected chi connectivity index (χ4v) is 2.92. The molecule has 3 rings (SSSR count). The lowest BCUT2D eigenvalue weighted by atomic mass is 10.2. The van der Waals surface area contributed by atoms with E-state index in [2.05, 4.69) is 26.3 Å². The molecule has 10 heteroatoms. The van der Waals surface area contributed by atoms with Gasteiger partial charge in [-0.3, -0.25) is 4.79 Å². The third kappa shape index (κ3) is 4.14. The van der Waals surface area contributed by atoms with Crippen molar-refractivity contribution in [2.24, 2.45) is 0 Å². The Hall–Kier alpha value is -2.39. The second-order valence-electron chi connectivity index (χ2n) is 5.37. The number of aromatic nitrogens is 2. The van der Waals surface area contributed by atoms with E-state index in [1.165, 1.54) is 30.3 Å². The van der Waals surface area contributed by atoms with Crippen molar-refractivity contribution in [2.75, 3.05) is 5.32 Å². The van der Waals surface area contributed by atoms with Crippen molar-refractivity contribution in [3.63, 3.8) is 0 Å². The Morgan fingerprint density at radius 3 is 2.41 bits per heavy atom. The fraction of sp³-hybridized carbons (Fsp3) is 0.0588. The first-order chi connectivity index (χ1) is 12.7. The molecule has 0 fully saturated rings. The lowest BCUT2D eigenvalue weighted by Crippen LogP contribution is -2.20. The number of nitrogens with one attached hydrogen (secondary N) is 1. The maximum absolute atomic E-state index is 13.6. The van der Waals surface area contributed by atoms with Crippen molar-refractivity contribution in [1.29, 1.82) is 0 Å². The zero-order valence-corrected chi connectivity index (χ0v) is 15.5. The summed E-state index contributed by atoms with van der Waals surface area (Å²) in [7, 11) is 0. The van der Waals surface area contributed by atoms with E-state index in [1.54, 1.807) is 0 Å². The molecule has 0 saturated heterocycles. The van der Waals surface area contributed by atoms with Crippen LogP contribution in [0.1, 0.15) is 16.1 Å². The molecule has 0 radical (unpaired) electrons. The molecule has 0 unspecified atom stereocenters. The Kier molecular flexibility index (Phi) is 5.25. The van der Waals surface area contributed by atoms with Crippen molar-refractivity contribution < 1.29 is 22.4 Å². The first-order valence-electron chi connectivity index (χ1n) is 7.34. The summed E-state index contributed by atoms with van der Waals surface area (Å²) >= 11 is 8.80. The molecule has 0 saturated carbocycles. The van der Waals surface area contributed by atoms with E-state index in [9.17, 15) is 22.4 Å². The molecule has 2 aromatic carbocycles. The van der Waals surface area contributed by atoms with Crippen LogP contribution in [0.15, 0.2) is 53.1 Å². The molecule has 3 aromatic rings. The number of amides is 1. The van der Waals surface area contributed by atoms with Crippen LogP contribution in [0.2, 0.25) is 5.02 Å². The van der Waals surface area contributed by atoms with E-state index in [0.29, 0.717) is 9.70 Å². The Balaban J connectivity index is 2.02. The van der Waals surface area contributed by atoms with Gasteiger partial charge in [0.05, 0.1) is 23.1 Å². The van der Waals surface area contributed by atoms with Crippen molar-refractivity contribution in [3.8, 4) is 5.69 Å². The minimum Gasteiger partial charge on any atom is -0.321 e. The van der Waals surface area contributed by atoms with Crippen LogP contribution < -0.4 is 5.32 Å². The maximum Gasteiger partial charge on any atom is 0.434 e. The summed E-state index contributed by atoms with van der Waals surface area (Å²) < 4.78 is 54.8. The number of rotatable bonds is 3. The molecule has 0 atom stereocenters. The first kappa shape index (κ1) is 19.4. The fourth-order valence-electron chi connectivity index (χ4n) is 2.35. The minimum absolute atomic E-state index is 0.0914. The molecular weight excluding hydrogens is 454 g/mol. The lowest BCUT2D eigenvalue weighted by Gasteiger charge is -2.13. The zero-order chi connectivity index (χ0) is 19.8. The molecule has 4 nitrogen and oxygen atoms in total. The summed E-state index contributed by atoms with van der Waals surface area (Å²) in [4.78, 5) is 12.4. The van der Waals surface area contributed by atoms with Gasteiger partial charge in [-0.2, -0.15) is 18.3 Å². The highest BCUT2D eigenvalue weighted by molar-refractivity contribution is 9.10. The van der Waals surface area contributed by atoms with E-state index in [1.807, 2.05) is 0 Å². The van der Waals surface area contributed by atoms with Gasteiger partial charge in [-0.25, -0.2) is 9.07 Å². The Morgan fingerprint density at radius 1 is 1.15 bits per heavy atom. The van der Waals surface area contributed by atoms with Crippen LogP contribution >= 0.6 is 27.5 Å². The third-order valence-electron chi connectivity index (χ3n) is 3.53. The van der Waals surface area contributed by atoms with E-state index < -0.39 is 29.2 Å². The average Bonchev–Trinajstić information content (AvgIpc) is 3.03. The topological polar surface area (TPSA) is 46.9 Å². The van der Waals surface area contributed by atoms with Gasteiger partial charge in [-0.15, -0.1) is 0 Å². The SMILES string of the molecule is O=C(Nc1ccc(F)cc1Br)c1cnn(-c2ccc(Cl)cc2)c1C(F)(F)F. The van der Waals surface area contributed by atoms with Gasteiger partial charge in [0.15, 0.2) is 5.69 Å². The summed E-state index contributed by atoms with van der Waals surface area (Å²) in [5.74, 6) is -1.60. The molecule has 27 heavy (non-hydrogen) atoms. The molecule has 1 amide bonds. The van der Waals surface area contributed by atoms with Crippen LogP contribution in [0, 0.1) is 5.82 Å². The van der Waals surface area contributed by atoms with Gasteiger partial charge in [-0.05, 0) is 58.4 Å². The second-order valence-corrected chi connectivity index (χ2v) is 6.66. The summed E-state index contributed by atoms with van der Waals surface area (Å²) in [6.45, 7) is 0. The van der Waals surface area contributed by atoms with Gasteiger partial charge in [0, 0.05) is 9.50 Å². The van der Waals surface area contributed by atoms with Crippen molar-refractivity contribution in [2.45, 2.75) is 6.18 Å². The monoisotopic (exact) mass is 461 g/mol. The van der Waals surface area contributed by atoms with Crippen LogP contribution in [0.5, 0.6) is 0 Å². The van der Waals surface area contributed by atoms with Crippen molar-refractivity contribution in [3.05, 3.63) is 75.2 Å². The summed E-state index contributed by atoms with van der Waals surface area (Å²) in [6.07, 6.45) is -4.02. The van der Waals surface area contributed by atoms with Crippen molar-refractivity contribution >= 4 is 39.1 Å². The Morgan fingerprint density at radius 2 is 1.81 bits per heavy atom. The quantitative estimate of drug-likeness (QED) is 0.508. The largest absolute Gasteiger partial charge is 0.434 e. The number of hydrogen-bond donors (Lipinski definition) is 1. The second kappa shape index (κ2) is 7.32. The lowest BCUT2D eigenvalue weighted by molar-refractivity contribution is -0.143. The number of carbonyl (C=O) groups is 1. The zero-order valence-electron chi connectivity index (χ0n) is 13.2. The number of alkyl halides is 3. The molecule has 140 valence electrons. The predicted octanol–water partition coefficient (Wildman–Crippen LogP) is 5.70. The van der Waals surface area contributed by atoms with Gasteiger partial charge >= 0.3 is 6.18 Å². The number of benzene rings is 2. The van der Waals surface area contributed by atoms with Gasteiger partial charge in [0.25, 0.3) is 5.91 Å². The van der Waals surface area contributed by atoms with Gasteiger partial charge in [0.1, 0.15) is 5.82 Å². The highest BCUT2D eigenvalue weighted by atomic mass is 79.9. The van der Waals surface area contributed by atoms with E-state index in [4.69, 9.17) is 11.6 Å². The normalized spacial score (nSPS) is 11.5. The molecule has 1 heterocycles. The highest BCUT2D eigenvalue weighted by Crippen LogP contribution is 2.34. The third-order valence-corrected chi connectivity index (χ3v) is 4.44. The number of carbonyl (C=O) groups excluding carboxylic acids is 1. The smallest absolute Gasteiger partial charge is 0.321 e. The molecule has 0 aliphatic rings. The van der Waals surface area contributed by atoms with Gasteiger partial charge < -0.3 is 5.32 Å². The summed E-state index contributed by atoms with van der Waals surface area (Å²) in [6, 6.07) is 8.90. The summed E-state index contributed by atoms with van der Waals surface area (Å²) in [5.41, 5.74) is -1.70. The first-order valence-corrected chi connectivity index (χ1v) is 8.51. The van der Waals surface area contributed by atoms with Crippen LogP contribution in [-0.2, 0) is 6.18 Å². The number of hydrogen-bond acceptors (Lipinski definition) is 2. The van der Waals surface area contributed by atoms with Gasteiger partial charge in [0.2, 0.25) is 0 Å². The number of anilines is 1. The van der Waals surface area contributed by atoms with E-state index in [0.717, 1.165) is 18.3 Å².